The Hall–Kier alpha value is -0.131. The van der Waals surface area contributed by atoms with Gasteiger partial charge in [-0.3, -0.25) is 0 Å². The maximum absolute atomic E-state index is 3.25. The van der Waals surface area contributed by atoms with Gasteiger partial charge in [-0.15, -0.1) is 0 Å². The zero-order valence-electron chi connectivity index (χ0n) is 4.97. The van der Waals surface area contributed by atoms with E-state index in [-0.39, 0.29) is 17.1 Å². The molecular formula is C7H10Mn. The first-order valence-corrected chi connectivity index (χ1v) is 2.37. The first-order chi connectivity index (χ1) is 3.50. The Bertz CT molecular complexity index is 60.9. The van der Waals surface area contributed by atoms with Gasteiger partial charge in [-0.1, -0.05) is 0 Å². The van der Waals surface area contributed by atoms with Gasteiger partial charge in [0.15, 0.2) is 0 Å². The van der Waals surface area contributed by atoms with Gasteiger partial charge in [0.2, 0.25) is 0 Å². The Labute approximate surface area is 61.8 Å². The molecule has 0 unspecified atom stereocenters. The minimum absolute atomic E-state index is 0. The summed E-state index contributed by atoms with van der Waals surface area (Å²) in [5.41, 5.74) is 0. The molecule has 1 aromatic carbocycles. The molecule has 0 aromatic heterocycles. The van der Waals surface area contributed by atoms with Gasteiger partial charge in [-0.05, 0) is 0 Å². The third kappa shape index (κ3) is 5.87. The maximum Gasteiger partial charge on any atom is 2.00 e. The van der Waals surface area contributed by atoms with Crippen LogP contribution in [0.4, 0.5) is 0 Å². The molecular weight excluding hydrogens is 139 g/mol. The molecule has 0 N–H and O–H groups in total. The smallest absolute Gasteiger partial charge is 0.346 e. The molecule has 0 amide bonds. The van der Waals surface area contributed by atoms with Crippen LogP contribution in [0.3, 0.4) is 0 Å². The average molecular weight is 149 g/mol. The van der Waals surface area contributed by atoms with Crippen molar-refractivity contribution in [3.8, 4) is 0 Å². The van der Waals surface area contributed by atoms with E-state index < -0.39 is 0 Å². The molecule has 0 fully saturated rings. The molecule has 0 spiro atoms. The van der Waals surface area contributed by atoms with Crippen molar-refractivity contribution >= 4 is 0 Å². The van der Waals surface area contributed by atoms with Crippen LogP contribution in [0.2, 0.25) is 0 Å². The summed E-state index contributed by atoms with van der Waals surface area (Å²) in [6.45, 7) is 5.00. The second kappa shape index (κ2) is 9.98. The first-order valence-electron chi connectivity index (χ1n) is 2.37. The molecule has 45 valence electrons. The summed E-state index contributed by atoms with van der Waals surface area (Å²) in [5.74, 6) is 0. The third-order valence-corrected chi connectivity index (χ3v) is 0.556. The van der Waals surface area contributed by atoms with E-state index in [1.807, 2.05) is 30.3 Å². The predicted molar refractivity (Wildman–Crippen MR) is 33.1 cm³/mol. The van der Waals surface area contributed by atoms with Crippen LogP contribution in [-0.2, 0) is 17.1 Å². The van der Waals surface area contributed by atoms with E-state index in [0.29, 0.717) is 0 Å². The second-order valence-corrected chi connectivity index (χ2v) is 0.962. The van der Waals surface area contributed by atoms with E-state index in [1.54, 1.807) is 6.92 Å². The Kier molecular flexibility index (Phi) is 13.4. The van der Waals surface area contributed by atoms with E-state index in [0.717, 1.165) is 0 Å². The summed E-state index contributed by atoms with van der Waals surface area (Å²) in [6.07, 6.45) is 0. The van der Waals surface area contributed by atoms with Gasteiger partial charge in [0.1, 0.15) is 0 Å². The van der Waals surface area contributed by atoms with Gasteiger partial charge in [0.05, 0.1) is 0 Å². The fourth-order valence-electron chi connectivity index (χ4n) is 0.321. The zero-order chi connectivity index (χ0) is 5.54. The van der Waals surface area contributed by atoms with Crippen molar-refractivity contribution < 1.29 is 17.1 Å². The van der Waals surface area contributed by atoms with Crippen molar-refractivity contribution in [2.45, 2.75) is 6.92 Å². The van der Waals surface area contributed by atoms with Gasteiger partial charge >= 0.3 is 17.1 Å². The first kappa shape index (κ1) is 10.8. The second-order valence-electron chi connectivity index (χ2n) is 0.962. The van der Waals surface area contributed by atoms with Crippen LogP contribution in [0.25, 0.3) is 0 Å². The molecule has 0 aliphatic heterocycles. The number of hydrogen-bond donors (Lipinski definition) is 0. The molecule has 0 nitrogen and oxygen atoms in total. The monoisotopic (exact) mass is 149 g/mol. The number of rotatable bonds is 0. The molecule has 0 aliphatic carbocycles. The average Bonchev–Trinajstić information content (AvgIpc) is 2.23. The third-order valence-electron chi connectivity index (χ3n) is 0.556. The van der Waals surface area contributed by atoms with Crippen molar-refractivity contribution in [1.82, 2.24) is 0 Å². The Morgan fingerprint density at radius 2 is 1.50 bits per heavy atom. The van der Waals surface area contributed by atoms with Gasteiger partial charge in [-0.25, -0.2) is 12.1 Å². The minimum Gasteiger partial charge on any atom is -0.346 e. The summed E-state index contributed by atoms with van der Waals surface area (Å²) in [7, 11) is 0. The van der Waals surface area contributed by atoms with Crippen molar-refractivity contribution in [3.63, 3.8) is 0 Å². The topological polar surface area (TPSA) is 0 Å². The van der Waals surface area contributed by atoms with Crippen molar-refractivity contribution in [2.75, 3.05) is 0 Å². The minimum atomic E-state index is 0. The molecule has 1 radical (unpaired) electrons. The van der Waals surface area contributed by atoms with Gasteiger partial charge in [-0.2, -0.15) is 25.1 Å². The quantitative estimate of drug-likeness (QED) is 0.392. The molecule has 0 saturated carbocycles. The van der Waals surface area contributed by atoms with Crippen molar-refractivity contribution in [1.29, 1.82) is 0 Å². The number of hydrogen-bond acceptors (Lipinski definition) is 0. The van der Waals surface area contributed by atoms with Crippen LogP contribution in [0.1, 0.15) is 6.92 Å². The molecule has 0 atom stereocenters. The van der Waals surface area contributed by atoms with Gasteiger partial charge < -0.3 is 6.92 Å². The summed E-state index contributed by atoms with van der Waals surface area (Å²) in [6, 6.07) is 10.0. The van der Waals surface area contributed by atoms with Gasteiger partial charge in [0.25, 0.3) is 0 Å². The summed E-state index contributed by atoms with van der Waals surface area (Å²) in [4.78, 5) is 0. The molecule has 0 heterocycles. The van der Waals surface area contributed by atoms with E-state index in [4.69, 9.17) is 0 Å². The Morgan fingerprint density at radius 3 is 1.62 bits per heavy atom. The largest absolute Gasteiger partial charge is 2.00 e. The molecule has 0 aliphatic rings. The molecule has 1 heteroatoms. The standard InChI is InChI=1S/C5H5.C2H5.Mn/c1-2-4-5-3-1;1-2;/h1-5H;1H2,2H3;/q2*-1;+2. The van der Waals surface area contributed by atoms with Crippen LogP contribution in [0.15, 0.2) is 30.3 Å². The van der Waals surface area contributed by atoms with Crippen LogP contribution in [-0.4, -0.2) is 0 Å². The Morgan fingerprint density at radius 1 is 1.12 bits per heavy atom. The molecule has 0 bridgehead atoms. The normalized spacial score (nSPS) is 5.75. The van der Waals surface area contributed by atoms with Crippen LogP contribution >= 0.6 is 0 Å². The van der Waals surface area contributed by atoms with E-state index in [9.17, 15) is 0 Å². The van der Waals surface area contributed by atoms with Crippen LogP contribution in [0.5, 0.6) is 0 Å². The predicted octanol–water partition coefficient (Wildman–Crippen LogP) is 2.24. The fraction of sp³-hybridized carbons (Fsp3) is 0.143. The maximum atomic E-state index is 3.25. The van der Waals surface area contributed by atoms with E-state index >= 15 is 0 Å². The van der Waals surface area contributed by atoms with Crippen molar-refractivity contribution in [3.05, 3.63) is 37.3 Å². The summed E-state index contributed by atoms with van der Waals surface area (Å²) < 4.78 is 0. The summed E-state index contributed by atoms with van der Waals surface area (Å²) in [5, 5.41) is 0. The SMILES string of the molecule is [CH2-]C.[Mn+2].c1cc[cH-]c1. The molecule has 1 aromatic rings. The van der Waals surface area contributed by atoms with Crippen LogP contribution < -0.4 is 0 Å². The fourth-order valence-corrected chi connectivity index (χ4v) is 0.321. The molecule has 8 heavy (non-hydrogen) atoms. The molecule has 1 rings (SSSR count). The van der Waals surface area contributed by atoms with Gasteiger partial charge in [0, 0.05) is 0 Å². The Balaban J connectivity index is 0. The van der Waals surface area contributed by atoms with E-state index in [1.165, 1.54) is 0 Å². The van der Waals surface area contributed by atoms with E-state index in [2.05, 4.69) is 6.92 Å². The zero-order valence-corrected chi connectivity index (χ0v) is 6.15. The summed E-state index contributed by atoms with van der Waals surface area (Å²) >= 11 is 0. The van der Waals surface area contributed by atoms with Crippen LogP contribution in [0, 0.1) is 6.92 Å². The van der Waals surface area contributed by atoms with Crippen molar-refractivity contribution in [2.24, 2.45) is 0 Å². The molecule has 0 saturated heterocycles.